The Hall–Kier alpha value is -3.45. The van der Waals surface area contributed by atoms with Crippen LogP contribution in [0.2, 0.25) is 0 Å². The number of pyridine rings is 1. The molecule has 0 atom stereocenters. The maximum Gasteiger partial charge on any atom is 0.341 e. The fourth-order valence-electron chi connectivity index (χ4n) is 3.77. The maximum absolute atomic E-state index is 13.7. The molecular weight excluding hydrogens is 462 g/mol. The van der Waals surface area contributed by atoms with Gasteiger partial charge in [-0.1, -0.05) is 45.8 Å². The number of nitrogens with zero attached hydrogens (tertiary/aromatic N) is 1. The van der Waals surface area contributed by atoms with Crippen LogP contribution >= 0.6 is 15.9 Å². The summed E-state index contributed by atoms with van der Waals surface area (Å²) < 4.78 is 12.3. The van der Waals surface area contributed by atoms with E-state index in [1.807, 2.05) is 31.2 Å². The van der Waals surface area contributed by atoms with E-state index in [0.717, 1.165) is 10.9 Å². The quantitative estimate of drug-likeness (QED) is 0.305. The van der Waals surface area contributed by atoms with E-state index < -0.39 is 17.7 Å². The van der Waals surface area contributed by atoms with Gasteiger partial charge in [0.1, 0.15) is 16.8 Å². The molecule has 7 heteroatoms. The van der Waals surface area contributed by atoms with Gasteiger partial charge in [0.2, 0.25) is 5.78 Å². The average Bonchev–Trinajstić information content (AvgIpc) is 3.12. The van der Waals surface area contributed by atoms with E-state index in [2.05, 4.69) is 15.9 Å². The second-order valence-electron chi connectivity index (χ2n) is 7.04. The molecule has 0 radical (unpaired) electrons. The van der Waals surface area contributed by atoms with Gasteiger partial charge in [0.15, 0.2) is 0 Å². The van der Waals surface area contributed by atoms with Crippen molar-refractivity contribution < 1.29 is 23.9 Å². The van der Waals surface area contributed by atoms with E-state index in [1.54, 1.807) is 34.7 Å². The Balaban J connectivity index is 2.21. The molecule has 0 aliphatic carbocycles. The first-order valence-corrected chi connectivity index (χ1v) is 10.2. The second kappa shape index (κ2) is 8.00. The largest absolute Gasteiger partial charge is 0.465 e. The highest BCUT2D eigenvalue weighted by Gasteiger charge is 2.33. The fourth-order valence-corrected chi connectivity index (χ4v) is 4.17. The topological polar surface area (TPSA) is 74.1 Å². The van der Waals surface area contributed by atoms with E-state index >= 15 is 0 Å². The zero-order valence-electron chi connectivity index (χ0n) is 17.1. The minimum absolute atomic E-state index is 0.00447. The van der Waals surface area contributed by atoms with Crippen LogP contribution < -0.4 is 0 Å². The summed E-state index contributed by atoms with van der Waals surface area (Å²) in [5, 5.41) is 0.860. The molecule has 0 unspecified atom stereocenters. The molecule has 0 saturated heterocycles. The lowest BCUT2D eigenvalue weighted by atomic mass is 10.0. The molecule has 0 spiro atoms. The SMILES string of the molecule is COC(=O)c1c(C(=O)OC)c2ccc3cc(C)ccc3n2c1C(=O)c1cccc(Br)c1. The first kappa shape index (κ1) is 20.8. The van der Waals surface area contributed by atoms with Gasteiger partial charge < -0.3 is 13.9 Å². The lowest BCUT2D eigenvalue weighted by molar-refractivity contribution is 0.0556. The van der Waals surface area contributed by atoms with E-state index in [1.165, 1.54) is 14.2 Å². The first-order valence-electron chi connectivity index (χ1n) is 9.42. The van der Waals surface area contributed by atoms with Crippen molar-refractivity contribution in [3.8, 4) is 0 Å². The van der Waals surface area contributed by atoms with E-state index in [9.17, 15) is 14.4 Å². The molecule has 0 fully saturated rings. The van der Waals surface area contributed by atoms with E-state index in [0.29, 0.717) is 21.1 Å². The van der Waals surface area contributed by atoms with Crippen LogP contribution in [-0.4, -0.2) is 36.3 Å². The number of aryl methyl sites for hydroxylation is 1. The third-order valence-electron chi connectivity index (χ3n) is 5.13. The number of ether oxygens (including phenoxy) is 2. The zero-order chi connectivity index (χ0) is 22.3. The predicted octanol–water partition coefficient (Wildman–Crippen LogP) is 4.97. The van der Waals surface area contributed by atoms with Crippen LogP contribution in [0.3, 0.4) is 0 Å². The number of aromatic nitrogens is 1. The number of rotatable bonds is 4. The molecule has 156 valence electrons. The second-order valence-corrected chi connectivity index (χ2v) is 7.95. The molecule has 0 aliphatic heterocycles. The summed E-state index contributed by atoms with van der Waals surface area (Å²) in [6, 6.07) is 16.1. The van der Waals surface area contributed by atoms with Gasteiger partial charge in [0.05, 0.1) is 25.3 Å². The standard InChI is InChI=1S/C24H18BrNO5/c1-13-7-9-17-14(11-13)8-10-18-19(23(28)30-2)20(24(29)31-3)21(26(17)18)22(27)15-5-4-6-16(25)12-15/h4-12H,1-3H3. The normalized spacial score (nSPS) is 11.0. The van der Waals surface area contributed by atoms with Crippen LogP contribution in [0.25, 0.3) is 16.4 Å². The third-order valence-corrected chi connectivity index (χ3v) is 5.63. The van der Waals surface area contributed by atoms with Crippen molar-refractivity contribution in [1.82, 2.24) is 4.40 Å². The highest BCUT2D eigenvalue weighted by atomic mass is 79.9. The highest BCUT2D eigenvalue weighted by Crippen LogP contribution is 2.32. The van der Waals surface area contributed by atoms with Gasteiger partial charge in [0, 0.05) is 10.0 Å². The summed E-state index contributed by atoms with van der Waals surface area (Å²) in [6.07, 6.45) is 0. The summed E-state index contributed by atoms with van der Waals surface area (Å²) >= 11 is 3.38. The van der Waals surface area contributed by atoms with Gasteiger partial charge in [-0.2, -0.15) is 0 Å². The molecule has 4 aromatic rings. The number of hydrogen-bond donors (Lipinski definition) is 0. The number of hydrogen-bond acceptors (Lipinski definition) is 5. The fraction of sp³-hybridized carbons (Fsp3) is 0.125. The molecule has 0 amide bonds. The molecule has 31 heavy (non-hydrogen) atoms. The minimum Gasteiger partial charge on any atom is -0.465 e. The Bertz CT molecular complexity index is 1390. The van der Waals surface area contributed by atoms with Gasteiger partial charge >= 0.3 is 11.9 Å². The third kappa shape index (κ3) is 3.41. The highest BCUT2D eigenvalue weighted by molar-refractivity contribution is 9.10. The first-order chi connectivity index (χ1) is 14.9. The van der Waals surface area contributed by atoms with Gasteiger partial charge in [-0.25, -0.2) is 9.59 Å². The summed E-state index contributed by atoms with van der Waals surface area (Å²) in [5.41, 5.74) is 2.40. The number of carbonyl (C=O) groups is 3. The van der Waals surface area contributed by atoms with Crippen LogP contribution in [0.1, 0.15) is 42.3 Å². The summed E-state index contributed by atoms with van der Waals surface area (Å²) in [6.45, 7) is 1.96. The Morgan fingerprint density at radius 1 is 0.839 bits per heavy atom. The molecule has 0 N–H and O–H groups in total. The number of benzene rings is 2. The van der Waals surface area contributed by atoms with Crippen molar-refractivity contribution in [2.45, 2.75) is 6.92 Å². The van der Waals surface area contributed by atoms with Gasteiger partial charge in [-0.05, 0) is 42.6 Å². The van der Waals surface area contributed by atoms with Crippen LogP contribution in [-0.2, 0) is 9.47 Å². The molecule has 4 rings (SSSR count). The smallest absolute Gasteiger partial charge is 0.341 e. The van der Waals surface area contributed by atoms with E-state index in [-0.39, 0.29) is 16.8 Å². The predicted molar refractivity (Wildman–Crippen MR) is 120 cm³/mol. The molecule has 0 bridgehead atoms. The van der Waals surface area contributed by atoms with Crippen molar-refractivity contribution in [2.75, 3.05) is 14.2 Å². The van der Waals surface area contributed by atoms with Gasteiger partial charge in [-0.15, -0.1) is 0 Å². The Labute approximate surface area is 186 Å². The van der Waals surface area contributed by atoms with Crippen LogP contribution in [0.4, 0.5) is 0 Å². The minimum atomic E-state index is -0.789. The van der Waals surface area contributed by atoms with Crippen molar-refractivity contribution >= 4 is 50.1 Å². The molecule has 2 aromatic carbocycles. The Morgan fingerprint density at radius 2 is 1.52 bits per heavy atom. The average molecular weight is 480 g/mol. The van der Waals surface area contributed by atoms with Crippen molar-refractivity contribution in [3.63, 3.8) is 0 Å². The number of methoxy groups -OCH3 is 2. The monoisotopic (exact) mass is 479 g/mol. The molecule has 2 heterocycles. The van der Waals surface area contributed by atoms with Crippen molar-refractivity contribution in [2.24, 2.45) is 0 Å². The Kier molecular flexibility index (Phi) is 5.37. The molecule has 0 aliphatic rings. The van der Waals surface area contributed by atoms with Gasteiger partial charge in [0.25, 0.3) is 0 Å². The molecule has 0 saturated carbocycles. The number of halogens is 1. The molecule has 2 aromatic heterocycles. The summed E-state index contributed by atoms with van der Waals surface area (Å²) in [7, 11) is 2.44. The maximum atomic E-state index is 13.7. The molecular formula is C24H18BrNO5. The summed E-state index contributed by atoms with van der Waals surface area (Å²) in [4.78, 5) is 39.2. The number of ketones is 1. The van der Waals surface area contributed by atoms with Crippen LogP contribution in [0.5, 0.6) is 0 Å². The van der Waals surface area contributed by atoms with Crippen LogP contribution in [0.15, 0.2) is 59.1 Å². The Morgan fingerprint density at radius 3 is 2.19 bits per heavy atom. The lowest BCUT2D eigenvalue weighted by Crippen LogP contribution is -2.15. The molecule has 6 nitrogen and oxygen atoms in total. The number of carbonyl (C=O) groups excluding carboxylic acids is 3. The van der Waals surface area contributed by atoms with E-state index in [4.69, 9.17) is 9.47 Å². The lowest BCUT2D eigenvalue weighted by Gasteiger charge is -2.09. The number of esters is 2. The van der Waals surface area contributed by atoms with Gasteiger partial charge in [-0.3, -0.25) is 4.79 Å². The van der Waals surface area contributed by atoms with Crippen LogP contribution in [0, 0.1) is 6.92 Å². The van der Waals surface area contributed by atoms with Crippen molar-refractivity contribution in [3.05, 3.63) is 87.0 Å². The number of fused-ring (bicyclic) bond motifs is 3. The van der Waals surface area contributed by atoms with Crippen molar-refractivity contribution in [1.29, 1.82) is 0 Å². The zero-order valence-corrected chi connectivity index (χ0v) is 18.6. The summed E-state index contributed by atoms with van der Waals surface area (Å²) in [5.74, 6) is -1.93.